The minimum atomic E-state index is -0.443. The monoisotopic (exact) mass is 357 g/mol. The maximum atomic E-state index is 13.6. The molecule has 0 heterocycles. The molecule has 0 amide bonds. The average Bonchev–Trinajstić information content (AvgIpc) is 2.37. The van der Waals surface area contributed by atoms with Crippen molar-refractivity contribution in [1.29, 1.82) is 0 Å². The number of benzene rings is 2. The van der Waals surface area contributed by atoms with Gasteiger partial charge in [0.15, 0.2) is 0 Å². The number of hydrogen-bond donors (Lipinski definition) is 1. The van der Waals surface area contributed by atoms with Crippen LogP contribution >= 0.6 is 27.7 Å². The Bertz CT molecular complexity index is 617. The molecule has 0 bridgehead atoms. The van der Waals surface area contributed by atoms with Gasteiger partial charge in [0, 0.05) is 15.4 Å². The molecule has 1 unspecified atom stereocenters. The predicted octanol–water partition coefficient (Wildman–Crippen LogP) is 4.77. The van der Waals surface area contributed by atoms with Gasteiger partial charge in [-0.05, 0) is 49.2 Å². The van der Waals surface area contributed by atoms with Crippen LogP contribution in [0.2, 0.25) is 0 Å². The number of rotatable bonds is 4. The van der Waals surface area contributed by atoms with Crippen LogP contribution in [0.3, 0.4) is 0 Å². The Morgan fingerprint density at radius 2 is 1.95 bits per heavy atom. The van der Waals surface area contributed by atoms with Crippen LogP contribution < -0.4 is 5.73 Å². The van der Waals surface area contributed by atoms with Gasteiger partial charge in [-0.1, -0.05) is 33.8 Å². The van der Waals surface area contributed by atoms with Crippen LogP contribution in [0, 0.1) is 11.6 Å². The standard InChI is InChI=1S/C15H14BrF2NS/c1-9(19)6-10-2-4-12(8-13(10)16)20-15-7-11(17)3-5-14(15)18/h2-5,7-9H,6,19H2,1H3. The third-order valence-electron chi connectivity index (χ3n) is 2.69. The van der Waals surface area contributed by atoms with Crippen molar-refractivity contribution in [2.45, 2.75) is 29.2 Å². The van der Waals surface area contributed by atoms with E-state index in [1.165, 1.54) is 17.8 Å². The number of halogens is 3. The molecule has 0 aromatic heterocycles. The molecule has 2 aromatic carbocycles. The summed E-state index contributed by atoms with van der Waals surface area (Å²) in [5, 5.41) is 0. The van der Waals surface area contributed by atoms with E-state index in [-0.39, 0.29) is 10.9 Å². The maximum Gasteiger partial charge on any atom is 0.137 e. The fourth-order valence-corrected chi connectivity index (χ4v) is 3.38. The van der Waals surface area contributed by atoms with Gasteiger partial charge in [-0.25, -0.2) is 8.78 Å². The summed E-state index contributed by atoms with van der Waals surface area (Å²) < 4.78 is 27.7. The molecule has 20 heavy (non-hydrogen) atoms. The van der Waals surface area contributed by atoms with Crippen molar-refractivity contribution >= 4 is 27.7 Å². The first-order valence-corrected chi connectivity index (χ1v) is 7.73. The largest absolute Gasteiger partial charge is 0.328 e. The van der Waals surface area contributed by atoms with Gasteiger partial charge in [-0.2, -0.15) is 0 Å². The normalized spacial score (nSPS) is 12.4. The Morgan fingerprint density at radius 1 is 1.20 bits per heavy atom. The van der Waals surface area contributed by atoms with E-state index in [9.17, 15) is 8.78 Å². The van der Waals surface area contributed by atoms with Crippen LogP contribution in [0.5, 0.6) is 0 Å². The Morgan fingerprint density at radius 3 is 2.60 bits per heavy atom. The summed E-state index contributed by atoms with van der Waals surface area (Å²) in [6.07, 6.45) is 0.764. The van der Waals surface area contributed by atoms with Crippen molar-refractivity contribution in [2.75, 3.05) is 0 Å². The lowest BCUT2D eigenvalue weighted by Crippen LogP contribution is -2.17. The van der Waals surface area contributed by atoms with Crippen LogP contribution in [0.25, 0.3) is 0 Å². The van der Waals surface area contributed by atoms with Gasteiger partial charge in [0.05, 0.1) is 4.90 Å². The van der Waals surface area contributed by atoms with E-state index in [1.54, 1.807) is 0 Å². The first-order valence-electron chi connectivity index (χ1n) is 6.12. The van der Waals surface area contributed by atoms with Crippen molar-refractivity contribution in [3.05, 3.63) is 58.1 Å². The average molecular weight is 358 g/mol. The van der Waals surface area contributed by atoms with E-state index >= 15 is 0 Å². The number of nitrogens with two attached hydrogens (primary N) is 1. The van der Waals surface area contributed by atoms with Crippen molar-refractivity contribution < 1.29 is 8.78 Å². The Kier molecular flexibility index (Phi) is 5.18. The van der Waals surface area contributed by atoms with Gasteiger partial charge in [0.25, 0.3) is 0 Å². The summed E-state index contributed by atoms with van der Waals surface area (Å²) in [7, 11) is 0. The highest BCUT2D eigenvalue weighted by molar-refractivity contribution is 9.10. The minimum Gasteiger partial charge on any atom is -0.328 e. The topological polar surface area (TPSA) is 26.0 Å². The molecule has 106 valence electrons. The fraction of sp³-hybridized carbons (Fsp3) is 0.200. The van der Waals surface area contributed by atoms with E-state index in [1.807, 2.05) is 25.1 Å². The molecule has 0 saturated carbocycles. The summed E-state index contributed by atoms with van der Waals surface area (Å²) in [5.41, 5.74) is 6.88. The lowest BCUT2D eigenvalue weighted by atomic mass is 10.1. The molecule has 0 spiro atoms. The fourth-order valence-electron chi connectivity index (χ4n) is 1.79. The third kappa shape index (κ3) is 4.04. The summed E-state index contributed by atoms with van der Waals surface area (Å²) in [6, 6.07) is 9.25. The molecular formula is C15H14BrF2NS. The summed E-state index contributed by atoms with van der Waals surface area (Å²) in [4.78, 5) is 1.12. The van der Waals surface area contributed by atoms with Crippen molar-refractivity contribution in [2.24, 2.45) is 5.73 Å². The highest BCUT2D eigenvalue weighted by Crippen LogP contribution is 2.33. The molecule has 0 aliphatic carbocycles. The quantitative estimate of drug-likeness (QED) is 0.852. The molecule has 2 aromatic rings. The zero-order chi connectivity index (χ0) is 14.7. The van der Waals surface area contributed by atoms with Crippen molar-refractivity contribution in [1.82, 2.24) is 0 Å². The van der Waals surface area contributed by atoms with Gasteiger partial charge in [-0.15, -0.1) is 0 Å². The van der Waals surface area contributed by atoms with Gasteiger partial charge >= 0.3 is 0 Å². The molecular weight excluding hydrogens is 344 g/mol. The van der Waals surface area contributed by atoms with Crippen LogP contribution in [-0.2, 0) is 6.42 Å². The Balaban J connectivity index is 2.22. The molecule has 2 rings (SSSR count). The Labute approximate surface area is 129 Å². The summed E-state index contributed by atoms with van der Waals surface area (Å²) in [6.45, 7) is 1.94. The second-order valence-electron chi connectivity index (χ2n) is 4.61. The number of hydrogen-bond acceptors (Lipinski definition) is 2. The second-order valence-corrected chi connectivity index (χ2v) is 6.58. The van der Waals surface area contributed by atoms with E-state index in [2.05, 4.69) is 15.9 Å². The van der Waals surface area contributed by atoms with Gasteiger partial charge < -0.3 is 5.73 Å². The smallest absolute Gasteiger partial charge is 0.137 e. The SMILES string of the molecule is CC(N)Cc1ccc(Sc2cc(F)ccc2F)cc1Br. The molecule has 0 aliphatic heterocycles. The molecule has 2 N–H and O–H groups in total. The van der Waals surface area contributed by atoms with Crippen LogP contribution in [0.1, 0.15) is 12.5 Å². The molecule has 0 aliphatic rings. The minimum absolute atomic E-state index is 0.0745. The van der Waals surface area contributed by atoms with Crippen LogP contribution in [0.4, 0.5) is 8.78 Å². The van der Waals surface area contributed by atoms with Gasteiger partial charge in [-0.3, -0.25) is 0 Å². The molecule has 0 fully saturated rings. The summed E-state index contributed by atoms with van der Waals surface area (Å²) in [5.74, 6) is -0.867. The predicted molar refractivity (Wildman–Crippen MR) is 82.0 cm³/mol. The Hall–Kier alpha value is -0.910. The van der Waals surface area contributed by atoms with E-state index in [0.717, 1.165) is 33.5 Å². The van der Waals surface area contributed by atoms with E-state index in [0.29, 0.717) is 0 Å². The lowest BCUT2D eigenvalue weighted by Gasteiger charge is -2.10. The summed E-state index contributed by atoms with van der Waals surface area (Å²) >= 11 is 4.68. The molecule has 1 atom stereocenters. The van der Waals surface area contributed by atoms with Crippen LogP contribution in [-0.4, -0.2) is 6.04 Å². The second kappa shape index (κ2) is 6.70. The molecule has 5 heteroatoms. The molecule has 1 nitrogen and oxygen atoms in total. The first-order chi connectivity index (χ1) is 9.45. The van der Waals surface area contributed by atoms with E-state index < -0.39 is 11.6 Å². The molecule has 0 radical (unpaired) electrons. The highest BCUT2D eigenvalue weighted by atomic mass is 79.9. The van der Waals surface area contributed by atoms with Crippen LogP contribution in [0.15, 0.2) is 50.7 Å². The zero-order valence-electron chi connectivity index (χ0n) is 10.9. The first kappa shape index (κ1) is 15.5. The van der Waals surface area contributed by atoms with Crippen molar-refractivity contribution in [3.8, 4) is 0 Å². The molecule has 0 saturated heterocycles. The maximum absolute atomic E-state index is 13.6. The van der Waals surface area contributed by atoms with E-state index in [4.69, 9.17) is 5.73 Å². The lowest BCUT2D eigenvalue weighted by molar-refractivity contribution is 0.577. The van der Waals surface area contributed by atoms with Crippen molar-refractivity contribution in [3.63, 3.8) is 0 Å². The van der Waals surface area contributed by atoms with Gasteiger partial charge in [0.2, 0.25) is 0 Å². The zero-order valence-corrected chi connectivity index (χ0v) is 13.3. The van der Waals surface area contributed by atoms with Gasteiger partial charge in [0.1, 0.15) is 11.6 Å². The highest BCUT2D eigenvalue weighted by Gasteiger charge is 2.08. The third-order valence-corrected chi connectivity index (χ3v) is 4.45.